The van der Waals surface area contributed by atoms with E-state index in [9.17, 15) is 8.42 Å². The molecule has 7 heteroatoms. The molecule has 1 aromatic carbocycles. The first kappa shape index (κ1) is 13.3. The molecule has 106 valence electrons. The maximum Gasteiger partial charge on any atom is 0.264 e. The summed E-state index contributed by atoms with van der Waals surface area (Å²) in [5, 5.41) is 3.72. The minimum absolute atomic E-state index is 0.0641. The van der Waals surface area contributed by atoms with Crippen LogP contribution in [-0.2, 0) is 10.0 Å². The lowest BCUT2D eigenvalue weighted by Gasteiger charge is -2.03. The second-order valence-corrected chi connectivity index (χ2v) is 5.92. The van der Waals surface area contributed by atoms with Crippen molar-refractivity contribution >= 4 is 15.8 Å². The van der Waals surface area contributed by atoms with Crippen molar-refractivity contribution in [3.05, 3.63) is 60.9 Å². The Bertz CT molecular complexity index is 830. The van der Waals surface area contributed by atoms with E-state index in [1.807, 2.05) is 30.3 Å². The van der Waals surface area contributed by atoms with E-state index in [-0.39, 0.29) is 10.7 Å². The second kappa shape index (κ2) is 5.37. The average molecular weight is 301 g/mol. The molecule has 0 saturated heterocycles. The molecule has 0 unspecified atom stereocenters. The zero-order valence-electron chi connectivity index (χ0n) is 10.8. The van der Waals surface area contributed by atoms with Crippen LogP contribution in [0.25, 0.3) is 11.3 Å². The smallest absolute Gasteiger partial charge is 0.264 e. The van der Waals surface area contributed by atoms with Gasteiger partial charge >= 0.3 is 0 Å². The molecule has 0 radical (unpaired) electrons. The number of aromatic nitrogens is 2. The van der Waals surface area contributed by atoms with E-state index < -0.39 is 10.0 Å². The highest BCUT2D eigenvalue weighted by Gasteiger charge is 2.17. The minimum atomic E-state index is -3.72. The molecule has 0 aliphatic carbocycles. The lowest BCUT2D eigenvalue weighted by Crippen LogP contribution is -2.13. The molecule has 3 aromatic rings. The lowest BCUT2D eigenvalue weighted by atomic mass is 10.2. The van der Waals surface area contributed by atoms with Crippen molar-refractivity contribution in [2.45, 2.75) is 4.90 Å². The van der Waals surface area contributed by atoms with Gasteiger partial charge in [-0.1, -0.05) is 35.5 Å². The first-order chi connectivity index (χ1) is 10.1. The third-order valence-corrected chi connectivity index (χ3v) is 4.09. The van der Waals surface area contributed by atoms with Crippen molar-refractivity contribution in [3.63, 3.8) is 0 Å². The van der Waals surface area contributed by atoms with Crippen molar-refractivity contribution in [1.29, 1.82) is 0 Å². The van der Waals surface area contributed by atoms with Crippen LogP contribution in [0.15, 0.2) is 70.3 Å². The predicted octanol–water partition coefficient (Wildman–Crippen LogP) is 2.54. The fourth-order valence-electron chi connectivity index (χ4n) is 1.76. The summed E-state index contributed by atoms with van der Waals surface area (Å²) in [5.74, 6) is 0.609. The minimum Gasteiger partial charge on any atom is -0.354 e. The van der Waals surface area contributed by atoms with Gasteiger partial charge in [0.15, 0.2) is 11.6 Å². The van der Waals surface area contributed by atoms with E-state index in [0.29, 0.717) is 5.76 Å². The van der Waals surface area contributed by atoms with Gasteiger partial charge in [0.1, 0.15) is 4.90 Å². The molecular weight excluding hydrogens is 290 g/mol. The van der Waals surface area contributed by atoms with Crippen molar-refractivity contribution in [2.75, 3.05) is 4.72 Å². The number of nitrogens with zero attached hydrogens (tertiary/aromatic N) is 2. The summed E-state index contributed by atoms with van der Waals surface area (Å²) in [5.41, 5.74) is 0.817. The molecule has 0 aliphatic rings. The molecule has 2 aromatic heterocycles. The largest absolute Gasteiger partial charge is 0.354 e. The van der Waals surface area contributed by atoms with Crippen molar-refractivity contribution in [2.24, 2.45) is 0 Å². The fourth-order valence-corrected chi connectivity index (χ4v) is 2.71. The van der Waals surface area contributed by atoms with Crippen LogP contribution in [0.1, 0.15) is 0 Å². The number of hydrogen-bond acceptors (Lipinski definition) is 5. The summed E-state index contributed by atoms with van der Waals surface area (Å²) in [4.78, 5) is 3.85. The summed E-state index contributed by atoms with van der Waals surface area (Å²) in [6.45, 7) is 0. The molecule has 0 aliphatic heterocycles. The standard InChI is InChI=1S/C14H11N3O3S/c18-21(19,12-7-4-8-15-10-12)17-14-9-13(20-16-14)11-5-2-1-3-6-11/h1-10H,(H,16,17). The predicted molar refractivity (Wildman–Crippen MR) is 77.0 cm³/mol. The van der Waals surface area contributed by atoms with E-state index in [4.69, 9.17) is 4.52 Å². The molecule has 0 bridgehead atoms. The highest BCUT2D eigenvalue weighted by Crippen LogP contribution is 2.23. The number of hydrogen-bond donors (Lipinski definition) is 1. The van der Waals surface area contributed by atoms with Gasteiger partial charge in [-0.15, -0.1) is 0 Å². The summed E-state index contributed by atoms with van der Waals surface area (Å²) in [7, 11) is -3.72. The third kappa shape index (κ3) is 2.92. The topological polar surface area (TPSA) is 85.1 Å². The molecule has 0 amide bonds. The Balaban J connectivity index is 1.85. The highest BCUT2D eigenvalue weighted by molar-refractivity contribution is 7.92. The van der Waals surface area contributed by atoms with Gasteiger partial charge in [0.2, 0.25) is 0 Å². The van der Waals surface area contributed by atoms with Crippen LogP contribution in [-0.4, -0.2) is 18.6 Å². The molecule has 6 nitrogen and oxygen atoms in total. The van der Waals surface area contributed by atoms with E-state index in [1.165, 1.54) is 24.5 Å². The number of anilines is 1. The highest BCUT2D eigenvalue weighted by atomic mass is 32.2. The van der Waals surface area contributed by atoms with Crippen LogP contribution in [0.4, 0.5) is 5.82 Å². The number of sulfonamides is 1. The molecule has 0 saturated carbocycles. The second-order valence-electron chi connectivity index (χ2n) is 4.24. The van der Waals surface area contributed by atoms with Gasteiger partial charge in [0.05, 0.1) is 0 Å². The van der Waals surface area contributed by atoms with Crippen LogP contribution in [0, 0.1) is 0 Å². The van der Waals surface area contributed by atoms with E-state index in [2.05, 4.69) is 14.9 Å². The van der Waals surface area contributed by atoms with Crippen molar-refractivity contribution in [3.8, 4) is 11.3 Å². The van der Waals surface area contributed by atoms with Crippen molar-refractivity contribution in [1.82, 2.24) is 10.1 Å². The first-order valence-electron chi connectivity index (χ1n) is 6.10. The van der Waals surface area contributed by atoms with E-state index >= 15 is 0 Å². The van der Waals surface area contributed by atoms with Gasteiger partial charge in [0.25, 0.3) is 10.0 Å². The number of nitrogens with one attached hydrogen (secondary N) is 1. The molecular formula is C14H11N3O3S. The molecule has 3 rings (SSSR count). The number of pyridine rings is 1. The Morgan fingerprint density at radius 1 is 1.05 bits per heavy atom. The van der Waals surface area contributed by atoms with Crippen LogP contribution < -0.4 is 4.72 Å². The van der Waals surface area contributed by atoms with Gasteiger partial charge in [-0.05, 0) is 12.1 Å². The molecule has 0 fully saturated rings. The first-order valence-corrected chi connectivity index (χ1v) is 7.58. The van der Waals surface area contributed by atoms with Crippen LogP contribution in [0.2, 0.25) is 0 Å². The normalized spacial score (nSPS) is 11.2. The van der Waals surface area contributed by atoms with Gasteiger partial charge in [-0.2, -0.15) is 0 Å². The quantitative estimate of drug-likeness (QED) is 0.800. The summed E-state index contributed by atoms with van der Waals surface area (Å²) >= 11 is 0. The SMILES string of the molecule is O=S(=O)(Nc1cc(-c2ccccc2)on1)c1cccnc1. The Morgan fingerprint density at radius 3 is 2.57 bits per heavy atom. The number of benzene rings is 1. The maximum absolute atomic E-state index is 12.1. The summed E-state index contributed by atoms with van der Waals surface area (Å²) in [6.07, 6.45) is 2.77. The van der Waals surface area contributed by atoms with Gasteiger partial charge in [0, 0.05) is 24.0 Å². The maximum atomic E-state index is 12.1. The van der Waals surface area contributed by atoms with Crippen molar-refractivity contribution < 1.29 is 12.9 Å². The Hall–Kier alpha value is -2.67. The van der Waals surface area contributed by atoms with Gasteiger partial charge in [-0.3, -0.25) is 9.71 Å². The molecule has 2 heterocycles. The summed E-state index contributed by atoms with van der Waals surface area (Å²) in [6, 6.07) is 13.8. The van der Waals surface area contributed by atoms with E-state index in [0.717, 1.165) is 5.56 Å². The van der Waals surface area contributed by atoms with E-state index in [1.54, 1.807) is 6.07 Å². The lowest BCUT2D eigenvalue weighted by molar-refractivity contribution is 0.435. The zero-order valence-corrected chi connectivity index (χ0v) is 11.6. The molecule has 0 spiro atoms. The fraction of sp³-hybridized carbons (Fsp3) is 0. The Morgan fingerprint density at radius 2 is 1.86 bits per heavy atom. The van der Waals surface area contributed by atoms with Crippen LogP contribution in [0.5, 0.6) is 0 Å². The molecule has 21 heavy (non-hydrogen) atoms. The number of rotatable bonds is 4. The monoisotopic (exact) mass is 301 g/mol. The zero-order chi connectivity index (χ0) is 14.7. The Kier molecular flexibility index (Phi) is 3.41. The third-order valence-electron chi connectivity index (χ3n) is 2.75. The Labute approximate surface area is 121 Å². The van der Waals surface area contributed by atoms with Crippen LogP contribution >= 0.6 is 0 Å². The average Bonchev–Trinajstić information content (AvgIpc) is 2.97. The summed E-state index contributed by atoms with van der Waals surface area (Å²) < 4.78 is 31.7. The van der Waals surface area contributed by atoms with Gasteiger partial charge < -0.3 is 4.52 Å². The van der Waals surface area contributed by atoms with Gasteiger partial charge in [-0.25, -0.2) is 8.42 Å². The molecule has 1 N–H and O–H groups in total. The van der Waals surface area contributed by atoms with Crippen LogP contribution in [0.3, 0.4) is 0 Å². The molecule has 0 atom stereocenters.